The summed E-state index contributed by atoms with van der Waals surface area (Å²) >= 11 is 0. The molecule has 2 nitrogen and oxygen atoms in total. The molecule has 1 aliphatic rings. The summed E-state index contributed by atoms with van der Waals surface area (Å²) in [6.45, 7) is 5.96. The van der Waals surface area contributed by atoms with Gasteiger partial charge in [0.15, 0.2) is 0 Å². The third-order valence-electron chi connectivity index (χ3n) is 5.02. The monoisotopic (exact) mass is 332 g/mol. The quantitative estimate of drug-likeness (QED) is 0.447. The third kappa shape index (κ3) is 6.94. The zero-order valence-electron chi connectivity index (χ0n) is 15.8. The average molecular weight is 333 g/mol. The molecule has 2 heteroatoms. The van der Waals surface area contributed by atoms with E-state index in [1.807, 2.05) is 0 Å². The van der Waals surface area contributed by atoms with Crippen LogP contribution in [0.4, 0.5) is 0 Å². The number of hydrogen-bond acceptors (Lipinski definition) is 2. The lowest BCUT2D eigenvalue weighted by atomic mass is 10.0. The minimum atomic E-state index is 0.117. The average Bonchev–Trinajstić information content (AvgIpc) is 2.64. The van der Waals surface area contributed by atoms with Crippen molar-refractivity contribution in [3.63, 3.8) is 0 Å². The van der Waals surface area contributed by atoms with Gasteiger partial charge in [0.1, 0.15) is 6.10 Å². The summed E-state index contributed by atoms with van der Waals surface area (Å²) in [6, 6.07) is 8.98. The van der Waals surface area contributed by atoms with Crippen LogP contribution in [0.1, 0.15) is 88.9 Å². The molecule has 0 unspecified atom stereocenters. The second-order valence-electron chi connectivity index (χ2n) is 7.18. The van der Waals surface area contributed by atoms with Crippen molar-refractivity contribution in [3.8, 4) is 0 Å². The maximum atomic E-state index is 6.06. The van der Waals surface area contributed by atoms with Crippen LogP contribution in [0.3, 0.4) is 0 Å². The second kappa shape index (κ2) is 11.7. The van der Waals surface area contributed by atoms with Gasteiger partial charge in [0, 0.05) is 0 Å². The summed E-state index contributed by atoms with van der Waals surface area (Å²) in [6.07, 6.45) is 13.3. The number of aryl methyl sites for hydroxylation is 1. The van der Waals surface area contributed by atoms with E-state index in [4.69, 9.17) is 9.47 Å². The van der Waals surface area contributed by atoms with E-state index in [-0.39, 0.29) is 6.10 Å². The predicted octanol–water partition coefficient (Wildman–Crippen LogP) is 6.24. The third-order valence-corrected chi connectivity index (χ3v) is 5.02. The van der Waals surface area contributed by atoms with Crippen LogP contribution in [0.25, 0.3) is 0 Å². The fraction of sp³-hybridized carbons (Fsp3) is 0.727. The first-order valence-corrected chi connectivity index (χ1v) is 10.2. The fourth-order valence-corrected chi connectivity index (χ4v) is 3.36. The molecule has 2 rings (SSSR count). The lowest BCUT2D eigenvalue weighted by molar-refractivity contribution is -0.137. The molecular formula is C22H36O2. The first-order chi connectivity index (χ1) is 11.8. The lowest BCUT2D eigenvalue weighted by Crippen LogP contribution is -2.31. The fourth-order valence-electron chi connectivity index (χ4n) is 3.36. The Bertz CT molecular complexity index is 418. The summed E-state index contributed by atoms with van der Waals surface area (Å²) in [4.78, 5) is 0. The first-order valence-electron chi connectivity index (χ1n) is 10.2. The van der Waals surface area contributed by atoms with E-state index in [9.17, 15) is 0 Å². The van der Waals surface area contributed by atoms with Gasteiger partial charge < -0.3 is 9.47 Å². The largest absolute Gasteiger partial charge is 0.373 e. The Labute approximate surface area is 148 Å². The summed E-state index contributed by atoms with van der Waals surface area (Å²) in [7, 11) is 0. The SMILES string of the molecule is CCCCCCc1ccc([C@H]2CO[C@H](CCCCCC)CO2)cc1. The van der Waals surface area contributed by atoms with Crippen molar-refractivity contribution in [1.82, 2.24) is 0 Å². The molecule has 1 saturated heterocycles. The molecule has 0 radical (unpaired) electrons. The Balaban J connectivity index is 1.68. The Morgan fingerprint density at radius 1 is 0.792 bits per heavy atom. The Hall–Kier alpha value is -0.860. The van der Waals surface area contributed by atoms with Crippen molar-refractivity contribution in [3.05, 3.63) is 35.4 Å². The van der Waals surface area contributed by atoms with Gasteiger partial charge >= 0.3 is 0 Å². The molecule has 24 heavy (non-hydrogen) atoms. The van der Waals surface area contributed by atoms with Gasteiger partial charge in [0.2, 0.25) is 0 Å². The highest BCUT2D eigenvalue weighted by molar-refractivity contribution is 5.24. The van der Waals surface area contributed by atoms with Crippen LogP contribution >= 0.6 is 0 Å². The van der Waals surface area contributed by atoms with Crippen LogP contribution in [-0.4, -0.2) is 19.3 Å². The molecule has 0 bridgehead atoms. The van der Waals surface area contributed by atoms with Crippen molar-refractivity contribution in [2.75, 3.05) is 13.2 Å². The van der Waals surface area contributed by atoms with E-state index in [0.29, 0.717) is 12.7 Å². The van der Waals surface area contributed by atoms with Crippen molar-refractivity contribution < 1.29 is 9.47 Å². The van der Waals surface area contributed by atoms with E-state index in [2.05, 4.69) is 38.1 Å². The lowest BCUT2D eigenvalue weighted by Gasteiger charge is -2.30. The maximum absolute atomic E-state index is 6.06. The maximum Gasteiger partial charge on any atom is 0.106 e. The zero-order valence-corrected chi connectivity index (χ0v) is 15.8. The molecular weight excluding hydrogens is 296 g/mol. The van der Waals surface area contributed by atoms with Gasteiger partial charge in [-0.05, 0) is 30.4 Å². The molecule has 1 aromatic carbocycles. The number of unbranched alkanes of at least 4 members (excludes halogenated alkanes) is 6. The Morgan fingerprint density at radius 3 is 2.12 bits per heavy atom. The van der Waals surface area contributed by atoms with Gasteiger partial charge in [0.05, 0.1) is 19.3 Å². The second-order valence-corrected chi connectivity index (χ2v) is 7.18. The Kier molecular flexibility index (Phi) is 9.45. The van der Waals surface area contributed by atoms with Crippen molar-refractivity contribution in [2.24, 2.45) is 0 Å². The number of ether oxygens (including phenoxy) is 2. The minimum Gasteiger partial charge on any atom is -0.373 e. The molecule has 0 saturated carbocycles. The van der Waals surface area contributed by atoms with Crippen LogP contribution < -0.4 is 0 Å². The van der Waals surface area contributed by atoms with Crippen LogP contribution in [0.5, 0.6) is 0 Å². The molecule has 1 heterocycles. The van der Waals surface area contributed by atoms with E-state index in [1.165, 1.54) is 68.9 Å². The molecule has 1 aliphatic heterocycles. The topological polar surface area (TPSA) is 18.5 Å². The number of rotatable bonds is 11. The Morgan fingerprint density at radius 2 is 1.50 bits per heavy atom. The highest BCUT2D eigenvalue weighted by Gasteiger charge is 2.23. The first kappa shape index (κ1) is 19.5. The van der Waals surface area contributed by atoms with Crippen LogP contribution in [-0.2, 0) is 15.9 Å². The molecule has 136 valence electrons. The molecule has 0 N–H and O–H groups in total. The van der Waals surface area contributed by atoms with Gasteiger partial charge in [0.25, 0.3) is 0 Å². The van der Waals surface area contributed by atoms with Gasteiger partial charge in [-0.25, -0.2) is 0 Å². The van der Waals surface area contributed by atoms with E-state index >= 15 is 0 Å². The van der Waals surface area contributed by atoms with E-state index in [1.54, 1.807) is 0 Å². The molecule has 0 amide bonds. The predicted molar refractivity (Wildman–Crippen MR) is 101 cm³/mol. The summed E-state index contributed by atoms with van der Waals surface area (Å²) in [5.74, 6) is 0. The number of benzene rings is 1. The van der Waals surface area contributed by atoms with Gasteiger partial charge in [-0.15, -0.1) is 0 Å². The molecule has 0 aliphatic carbocycles. The summed E-state index contributed by atoms with van der Waals surface area (Å²) in [5, 5.41) is 0. The van der Waals surface area contributed by atoms with E-state index < -0.39 is 0 Å². The van der Waals surface area contributed by atoms with Crippen LogP contribution in [0.15, 0.2) is 24.3 Å². The van der Waals surface area contributed by atoms with Crippen molar-refractivity contribution >= 4 is 0 Å². The van der Waals surface area contributed by atoms with Gasteiger partial charge in [-0.2, -0.15) is 0 Å². The van der Waals surface area contributed by atoms with Crippen LogP contribution in [0.2, 0.25) is 0 Å². The standard InChI is InChI=1S/C22H36O2/c1-3-5-7-9-11-19-13-15-20(16-14-19)22-18-23-21(17-24-22)12-10-8-6-4-2/h13-16,21-22H,3-12,17-18H2,1-2H3/t21-,22-/m1/s1. The molecule has 1 aromatic rings. The van der Waals surface area contributed by atoms with Crippen molar-refractivity contribution in [2.45, 2.75) is 90.3 Å². The summed E-state index contributed by atoms with van der Waals surface area (Å²) < 4.78 is 12.1. The normalized spacial score (nSPS) is 21.1. The molecule has 1 fully saturated rings. The van der Waals surface area contributed by atoms with Crippen LogP contribution in [0, 0.1) is 0 Å². The molecule has 2 atom stereocenters. The highest BCUT2D eigenvalue weighted by Crippen LogP contribution is 2.25. The van der Waals surface area contributed by atoms with Crippen molar-refractivity contribution in [1.29, 1.82) is 0 Å². The van der Waals surface area contributed by atoms with E-state index in [0.717, 1.165) is 13.0 Å². The molecule has 0 aromatic heterocycles. The number of hydrogen-bond donors (Lipinski definition) is 0. The smallest absolute Gasteiger partial charge is 0.106 e. The molecule has 0 spiro atoms. The zero-order chi connectivity index (χ0) is 17.0. The minimum absolute atomic E-state index is 0.117. The summed E-state index contributed by atoms with van der Waals surface area (Å²) in [5.41, 5.74) is 2.71. The highest BCUT2D eigenvalue weighted by atomic mass is 16.6. The van der Waals surface area contributed by atoms with Gasteiger partial charge in [-0.3, -0.25) is 0 Å². The van der Waals surface area contributed by atoms with Gasteiger partial charge in [-0.1, -0.05) is 83.1 Å².